The van der Waals surface area contributed by atoms with Gasteiger partial charge in [0.25, 0.3) is 0 Å². The van der Waals surface area contributed by atoms with Crippen LogP contribution in [0.4, 0.5) is 4.79 Å². The second-order valence-electron chi connectivity index (χ2n) is 4.73. The molecule has 106 valence electrons. The maximum Gasteiger partial charge on any atom is 0.317 e. The first kappa shape index (κ1) is 15.2. The fourth-order valence-corrected chi connectivity index (χ4v) is 2.82. The SMILES string of the molecule is CCNS(=O)(=O)CCNC(=O)N(C)CC1CCC1. The first-order valence-corrected chi connectivity index (χ1v) is 8.06. The zero-order valence-electron chi connectivity index (χ0n) is 11.1. The van der Waals surface area contributed by atoms with E-state index in [1.54, 1.807) is 18.9 Å². The lowest BCUT2D eigenvalue weighted by Gasteiger charge is -2.30. The second kappa shape index (κ2) is 6.94. The van der Waals surface area contributed by atoms with Gasteiger partial charge in [-0.15, -0.1) is 0 Å². The number of urea groups is 1. The van der Waals surface area contributed by atoms with E-state index in [1.165, 1.54) is 19.3 Å². The Morgan fingerprint density at radius 2 is 2.06 bits per heavy atom. The number of nitrogens with one attached hydrogen (secondary N) is 2. The number of carbonyl (C=O) groups excluding carboxylic acids is 1. The smallest absolute Gasteiger partial charge is 0.317 e. The predicted octanol–water partition coefficient (Wildman–Crippen LogP) is 0.367. The third-order valence-electron chi connectivity index (χ3n) is 3.11. The maximum absolute atomic E-state index is 11.7. The lowest BCUT2D eigenvalue weighted by Crippen LogP contribution is -2.43. The van der Waals surface area contributed by atoms with Gasteiger partial charge in [0.05, 0.1) is 5.75 Å². The molecule has 0 saturated heterocycles. The molecule has 1 saturated carbocycles. The molecule has 0 aromatic carbocycles. The lowest BCUT2D eigenvalue weighted by molar-refractivity contribution is 0.183. The van der Waals surface area contributed by atoms with Gasteiger partial charge >= 0.3 is 6.03 Å². The van der Waals surface area contributed by atoms with Crippen LogP contribution in [0.15, 0.2) is 0 Å². The van der Waals surface area contributed by atoms with Gasteiger partial charge in [-0.3, -0.25) is 0 Å². The Bertz CT molecular complexity index is 366. The van der Waals surface area contributed by atoms with Crippen molar-refractivity contribution in [2.75, 3.05) is 32.4 Å². The average molecular weight is 277 g/mol. The second-order valence-corrected chi connectivity index (χ2v) is 6.65. The van der Waals surface area contributed by atoms with Crippen LogP contribution < -0.4 is 10.0 Å². The van der Waals surface area contributed by atoms with Crippen LogP contribution >= 0.6 is 0 Å². The van der Waals surface area contributed by atoms with Crippen molar-refractivity contribution in [1.29, 1.82) is 0 Å². The zero-order chi connectivity index (χ0) is 13.6. The predicted molar refractivity (Wildman–Crippen MR) is 70.8 cm³/mol. The van der Waals surface area contributed by atoms with E-state index in [0.717, 1.165) is 6.54 Å². The van der Waals surface area contributed by atoms with E-state index in [1.807, 2.05) is 0 Å². The van der Waals surface area contributed by atoms with E-state index in [9.17, 15) is 13.2 Å². The molecule has 1 aliphatic carbocycles. The fourth-order valence-electron chi connectivity index (χ4n) is 1.86. The van der Waals surface area contributed by atoms with Crippen molar-refractivity contribution in [3.63, 3.8) is 0 Å². The molecule has 0 radical (unpaired) electrons. The Labute approximate surface area is 109 Å². The molecule has 18 heavy (non-hydrogen) atoms. The molecule has 0 heterocycles. The largest absolute Gasteiger partial charge is 0.337 e. The van der Waals surface area contributed by atoms with Gasteiger partial charge in [0.15, 0.2) is 0 Å². The van der Waals surface area contributed by atoms with Gasteiger partial charge in [-0.1, -0.05) is 13.3 Å². The summed E-state index contributed by atoms with van der Waals surface area (Å²) in [4.78, 5) is 13.3. The molecule has 1 fully saturated rings. The van der Waals surface area contributed by atoms with Crippen molar-refractivity contribution >= 4 is 16.1 Å². The summed E-state index contributed by atoms with van der Waals surface area (Å²) >= 11 is 0. The van der Waals surface area contributed by atoms with Gasteiger partial charge in [0.1, 0.15) is 0 Å². The first-order valence-electron chi connectivity index (χ1n) is 6.41. The zero-order valence-corrected chi connectivity index (χ0v) is 11.9. The molecule has 0 bridgehead atoms. The minimum atomic E-state index is -3.25. The average Bonchev–Trinajstić information content (AvgIpc) is 2.22. The highest BCUT2D eigenvalue weighted by Gasteiger charge is 2.21. The molecular formula is C11H23N3O3S. The summed E-state index contributed by atoms with van der Waals surface area (Å²) in [5.41, 5.74) is 0. The van der Waals surface area contributed by atoms with Gasteiger partial charge in [-0.25, -0.2) is 17.9 Å². The monoisotopic (exact) mass is 277 g/mol. The number of hydrogen-bond donors (Lipinski definition) is 2. The van der Waals surface area contributed by atoms with Gasteiger partial charge in [0, 0.05) is 26.7 Å². The van der Waals surface area contributed by atoms with Gasteiger partial charge in [-0.2, -0.15) is 0 Å². The van der Waals surface area contributed by atoms with E-state index < -0.39 is 10.0 Å². The van der Waals surface area contributed by atoms with Crippen molar-refractivity contribution in [2.45, 2.75) is 26.2 Å². The summed E-state index contributed by atoms with van der Waals surface area (Å²) in [6, 6.07) is -0.200. The normalized spacial score (nSPS) is 16.1. The number of nitrogens with zero attached hydrogens (tertiary/aromatic N) is 1. The molecule has 0 atom stereocenters. The summed E-state index contributed by atoms with van der Waals surface area (Å²) in [7, 11) is -1.51. The van der Waals surface area contributed by atoms with Crippen molar-refractivity contribution in [2.24, 2.45) is 5.92 Å². The molecule has 1 rings (SSSR count). The van der Waals surface area contributed by atoms with Crippen LogP contribution in [0.3, 0.4) is 0 Å². The van der Waals surface area contributed by atoms with Crippen LogP contribution in [0, 0.1) is 5.92 Å². The topological polar surface area (TPSA) is 78.5 Å². The van der Waals surface area contributed by atoms with Crippen molar-refractivity contribution in [3.05, 3.63) is 0 Å². The molecule has 1 aliphatic rings. The summed E-state index contributed by atoms with van der Waals surface area (Å²) in [5.74, 6) is 0.537. The molecule has 0 spiro atoms. The van der Waals surface area contributed by atoms with Crippen LogP contribution in [0.5, 0.6) is 0 Å². The molecule has 2 N–H and O–H groups in total. The van der Waals surface area contributed by atoms with E-state index in [-0.39, 0.29) is 18.3 Å². The van der Waals surface area contributed by atoms with Crippen LogP contribution in [0.1, 0.15) is 26.2 Å². The molecular weight excluding hydrogens is 254 g/mol. The van der Waals surface area contributed by atoms with E-state index in [4.69, 9.17) is 0 Å². The Hall–Kier alpha value is -0.820. The maximum atomic E-state index is 11.7. The Morgan fingerprint density at radius 3 is 2.56 bits per heavy atom. The number of carbonyl (C=O) groups is 1. The minimum Gasteiger partial charge on any atom is -0.337 e. The third-order valence-corrected chi connectivity index (χ3v) is 4.58. The number of amides is 2. The van der Waals surface area contributed by atoms with Crippen LogP contribution in [-0.4, -0.2) is 51.8 Å². The summed E-state index contributed by atoms with van der Waals surface area (Å²) < 4.78 is 25.1. The highest BCUT2D eigenvalue weighted by atomic mass is 32.2. The van der Waals surface area contributed by atoms with Crippen molar-refractivity contribution in [1.82, 2.24) is 14.9 Å². The lowest BCUT2D eigenvalue weighted by atomic mass is 9.85. The summed E-state index contributed by atoms with van der Waals surface area (Å²) in [5, 5.41) is 2.62. The number of hydrogen-bond acceptors (Lipinski definition) is 3. The van der Waals surface area contributed by atoms with E-state index in [0.29, 0.717) is 12.5 Å². The van der Waals surface area contributed by atoms with Crippen LogP contribution in [0.25, 0.3) is 0 Å². The molecule has 0 aromatic heterocycles. The molecule has 0 aliphatic heterocycles. The standard InChI is InChI=1S/C11H23N3O3S/c1-3-13-18(16,17)8-7-12-11(15)14(2)9-10-5-4-6-10/h10,13H,3-9H2,1-2H3,(H,12,15). The fraction of sp³-hybridized carbons (Fsp3) is 0.909. The van der Waals surface area contributed by atoms with E-state index in [2.05, 4.69) is 10.0 Å². The molecule has 2 amide bonds. The van der Waals surface area contributed by atoms with Crippen LogP contribution in [0.2, 0.25) is 0 Å². The van der Waals surface area contributed by atoms with Gasteiger partial charge < -0.3 is 10.2 Å². The molecule has 7 heteroatoms. The van der Waals surface area contributed by atoms with Crippen molar-refractivity contribution < 1.29 is 13.2 Å². The first-order chi connectivity index (χ1) is 8.44. The Balaban J connectivity index is 2.19. The summed E-state index contributed by atoms with van der Waals surface area (Å²) in [6.45, 7) is 3.00. The Kier molecular flexibility index (Phi) is 5.87. The van der Waals surface area contributed by atoms with Crippen molar-refractivity contribution in [3.8, 4) is 0 Å². The van der Waals surface area contributed by atoms with Crippen LogP contribution in [-0.2, 0) is 10.0 Å². The Morgan fingerprint density at radius 1 is 1.39 bits per heavy atom. The van der Waals surface area contributed by atoms with E-state index >= 15 is 0 Å². The molecule has 6 nitrogen and oxygen atoms in total. The molecule has 0 aromatic rings. The highest BCUT2D eigenvalue weighted by molar-refractivity contribution is 7.89. The highest BCUT2D eigenvalue weighted by Crippen LogP contribution is 2.26. The third kappa shape index (κ3) is 5.22. The van der Waals surface area contributed by atoms with Gasteiger partial charge in [0.2, 0.25) is 10.0 Å². The van der Waals surface area contributed by atoms with Gasteiger partial charge in [-0.05, 0) is 18.8 Å². The molecule has 0 unspecified atom stereocenters. The quantitative estimate of drug-likeness (QED) is 0.705. The number of rotatable bonds is 7. The summed E-state index contributed by atoms with van der Waals surface area (Å²) in [6.07, 6.45) is 3.62. The number of sulfonamides is 1. The minimum absolute atomic E-state index is 0.0795.